The van der Waals surface area contributed by atoms with E-state index in [1.165, 1.54) is 31.4 Å². The molecule has 1 amide bonds. The molecule has 2 fully saturated rings. The molecule has 2 unspecified atom stereocenters. The summed E-state index contributed by atoms with van der Waals surface area (Å²) in [5, 5.41) is 42.9. The van der Waals surface area contributed by atoms with Gasteiger partial charge in [-0.15, -0.1) is 0 Å². The number of methoxy groups -OCH3 is 1. The molecule has 6 N–H and O–H groups in total. The molecule has 0 saturated heterocycles. The molecular weight excluding hydrogens is 434 g/mol. The molecule has 4 rings (SSSR count). The molecule has 5 atom stereocenters. The van der Waals surface area contributed by atoms with Gasteiger partial charge in [-0.3, -0.25) is 14.4 Å². The molecule has 0 bridgehead atoms. The summed E-state index contributed by atoms with van der Waals surface area (Å²) in [6.45, 7) is 0. The number of benzene rings is 1. The second kappa shape index (κ2) is 7.82. The SMILES string of the molecule is COC(=O)/C=C/c1ccc(O)c2c1C[C@H]1C[C@H]3CC(O)C(C(N)=O)C(=O)[C@@]3(O)C(=O)C1=C2O. The van der Waals surface area contributed by atoms with Crippen molar-refractivity contribution in [3.05, 3.63) is 40.5 Å². The second-order valence-corrected chi connectivity index (χ2v) is 8.62. The predicted molar refractivity (Wildman–Crippen MR) is 112 cm³/mol. The number of nitrogens with two attached hydrogens (primary N) is 1. The van der Waals surface area contributed by atoms with Gasteiger partial charge in [0.15, 0.2) is 11.4 Å². The summed E-state index contributed by atoms with van der Waals surface area (Å²) in [6, 6.07) is 2.82. The summed E-state index contributed by atoms with van der Waals surface area (Å²) in [5.74, 6) is -8.29. The van der Waals surface area contributed by atoms with Gasteiger partial charge in [0.25, 0.3) is 0 Å². The zero-order valence-corrected chi connectivity index (χ0v) is 17.6. The molecule has 10 heteroatoms. The Morgan fingerprint density at radius 1 is 1.21 bits per heavy atom. The number of phenols is 1. The summed E-state index contributed by atoms with van der Waals surface area (Å²) in [4.78, 5) is 49.5. The number of aromatic hydroxyl groups is 1. The van der Waals surface area contributed by atoms with Crippen molar-refractivity contribution in [1.82, 2.24) is 0 Å². The highest BCUT2D eigenvalue weighted by Crippen LogP contribution is 2.51. The minimum absolute atomic E-state index is 0.0431. The molecule has 2 saturated carbocycles. The Kier molecular flexibility index (Phi) is 5.38. The van der Waals surface area contributed by atoms with Crippen LogP contribution >= 0.6 is 0 Å². The van der Waals surface area contributed by atoms with Crippen molar-refractivity contribution < 1.29 is 44.3 Å². The fraction of sp³-hybridized carbons (Fsp3) is 0.391. The monoisotopic (exact) mass is 457 g/mol. The minimum atomic E-state index is -2.62. The Morgan fingerprint density at radius 2 is 1.91 bits per heavy atom. The smallest absolute Gasteiger partial charge is 0.330 e. The van der Waals surface area contributed by atoms with Crippen molar-refractivity contribution >= 4 is 35.3 Å². The van der Waals surface area contributed by atoms with Gasteiger partial charge < -0.3 is 30.9 Å². The molecular formula is C23H23NO9. The Morgan fingerprint density at radius 3 is 2.55 bits per heavy atom. The molecule has 1 aromatic rings. The fourth-order valence-electron chi connectivity index (χ4n) is 5.33. The van der Waals surface area contributed by atoms with Crippen molar-refractivity contribution in [2.75, 3.05) is 7.11 Å². The van der Waals surface area contributed by atoms with E-state index in [0.717, 1.165) is 0 Å². The Balaban J connectivity index is 1.84. The molecule has 1 aromatic carbocycles. The van der Waals surface area contributed by atoms with Crippen LogP contribution < -0.4 is 5.73 Å². The summed E-state index contributed by atoms with van der Waals surface area (Å²) < 4.78 is 4.58. The van der Waals surface area contributed by atoms with Crippen LogP contribution in [0.4, 0.5) is 0 Å². The molecule has 3 aliphatic rings. The number of carbonyl (C=O) groups is 4. The van der Waals surface area contributed by atoms with Crippen molar-refractivity contribution in [2.24, 2.45) is 23.5 Å². The lowest BCUT2D eigenvalue weighted by Gasteiger charge is -2.48. The van der Waals surface area contributed by atoms with Crippen LogP contribution in [0.2, 0.25) is 0 Å². The number of fused-ring (bicyclic) bond motifs is 3. The lowest BCUT2D eigenvalue weighted by Crippen LogP contribution is -2.66. The van der Waals surface area contributed by atoms with Crippen LogP contribution in [-0.4, -0.2) is 62.7 Å². The number of esters is 1. The highest BCUT2D eigenvalue weighted by atomic mass is 16.5. The summed E-state index contributed by atoms with van der Waals surface area (Å²) >= 11 is 0. The van der Waals surface area contributed by atoms with Crippen LogP contribution in [0.25, 0.3) is 11.8 Å². The summed E-state index contributed by atoms with van der Waals surface area (Å²) in [5.41, 5.74) is 3.30. The van der Waals surface area contributed by atoms with Gasteiger partial charge in [-0.05, 0) is 48.4 Å². The van der Waals surface area contributed by atoms with Crippen molar-refractivity contribution in [3.8, 4) is 5.75 Å². The molecule has 33 heavy (non-hydrogen) atoms. The Labute approximate surface area is 188 Å². The maximum absolute atomic E-state index is 13.4. The minimum Gasteiger partial charge on any atom is -0.507 e. The van der Waals surface area contributed by atoms with Crippen molar-refractivity contribution in [2.45, 2.75) is 31.0 Å². The van der Waals surface area contributed by atoms with Crippen molar-refractivity contribution in [3.63, 3.8) is 0 Å². The van der Waals surface area contributed by atoms with Crippen molar-refractivity contribution in [1.29, 1.82) is 0 Å². The molecule has 10 nitrogen and oxygen atoms in total. The van der Waals surface area contributed by atoms with E-state index in [0.29, 0.717) is 11.1 Å². The van der Waals surface area contributed by atoms with Crippen LogP contribution in [-0.2, 0) is 30.3 Å². The molecule has 0 aliphatic heterocycles. The molecule has 0 aromatic heterocycles. The molecule has 0 radical (unpaired) electrons. The van der Waals surface area contributed by atoms with E-state index in [1.807, 2.05) is 0 Å². The van der Waals surface area contributed by atoms with E-state index in [9.17, 15) is 39.6 Å². The number of phenolic OH excluding ortho intramolecular Hbond substituents is 1. The van der Waals surface area contributed by atoms with E-state index >= 15 is 0 Å². The fourth-order valence-corrected chi connectivity index (χ4v) is 5.33. The van der Waals surface area contributed by atoms with Gasteiger partial charge in [0.2, 0.25) is 11.7 Å². The number of Topliss-reactive ketones (excluding diaryl/α,β-unsaturated/α-hetero) is 2. The number of ketones is 2. The molecule has 0 heterocycles. The maximum Gasteiger partial charge on any atom is 0.330 e. The summed E-state index contributed by atoms with van der Waals surface area (Å²) in [7, 11) is 1.22. The predicted octanol–water partition coefficient (Wildman–Crippen LogP) is -0.225. The van der Waals surface area contributed by atoms with Gasteiger partial charge >= 0.3 is 5.97 Å². The van der Waals surface area contributed by atoms with E-state index in [-0.39, 0.29) is 36.1 Å². The van der Waals surface area contributed by atoms with Gasteiger partial charge in [-0.1, -0.05) is 6.07 Å². The second-order valence-electron chi connectivity index (χ2n) is 8.62. The lowest BCUT2D eigenvalue weighted by molar-refractivity contribution is -0.174. The third kappa shape index (κ3) is 3.25. The largest absolute Gasteiger partial charge is 0.507 e. The maximum atomic E-state index is 13.4. The molecule has 174 valence electrons. The number of aliphatic hydroxyl groups excluding tert-OH is 2. The Hall–Kier alpha value is -3.50. The van der Waals surface area contributed by atoms with Gasteiger partial charge in [-0.25, -0.2) is 4.79 Å². The number of rotatable bonds is 3. The normalized spacial score (nSPS) is 31.1. The van der Waals surface area contributed by atoms with Crippen LogP contribution in [0.3, 0.4) is 0 Å². The first-order valence-corrected chi connectivity index (χ1v) is 10.4. The van der Waals surface area contributed by atoms with Gasteiger partial charge in [0, 0.05) is 17.6 Å². The van der Waals surface area contributed by atoms with Crippen LogP contribution in [0.5, 0.6) is 5.75 Å². The van der Waals surface area contributed by atoms with Gasteiger partial charge in [0.05, 0.1) is 18.8 Å². The third-order valence-corrected chi connectivity index (χ3v) is 6.90. The quantitative estimate of drug-likeness (QED) is 0.232. The number of aliphatic hydroxyl groups is 3. The highest BCUT2D eigenvalue weighted by molar-refractivity contribution is 6.24. The van der Waals surface area contributed by atoms with E-state index < -0.39 is 58.7 Å². The first kappa shape index (κ1) is 22.7. The van der Waals surface area contributed by atoms with Gasteiger partial charge in [0.1, 0.15) is 17.4 Å². The standard InChI is InChI=1S/C23H23NO9/c1-33-15(27)5-3-9-2-4-13(25)17-12(9)7-10-6-11-8-14(26)18(22(24)31)21(30)23(11,32)20(29)16(10)19(17)28/h2-5,10-11,14,18,25-26,28,32H,6-8H2,1H3,(H2,24,31)/b5-3+/t10-,11+,14?,18?,23+/m1/s1. The Bertz CT molecular complexity index is 1150. The molecule has 0 spiro atoms. The number of primary amides is 1. The first-order valence-electron chi connectivity index (χ1n) is 10.4. The van der Waals surface area contributed by atoms with E-state index in [1.54, 1.807) is 0 Å². The number of carbonyl (C=O) groups excluding carboxylic acids is 4. The van der Waals surface area contributed by atoms with E-state index in [2.05, 4.69) is 4.74 Å². The van der Waals surface area contributed by atoms with Crippen LogP contribution in [0.15, 0.2) is 23.8 Å². The number of hydrogen-bond donors (Lipinski definition) is 5. The third-order valence-electron chi connectivity index (χ3n) is 6.90. The highest BCUT2D eigenvalue weighted by Gasteiger charge is 2.63. The number of ether oxygens (including phenoxy) is 1. The van der Waals surface area contributed by atoms with Gasteiger partial charge in [-0.2, -0.15) is 0 Å². The topological polar surface area (TPSA) is 184 Å². The first-order chi connectivity index (χ1) is 15.5. The average Bonchev–Trinajstić information content (AvgIpc) is 2.75. The number of amides is 1. The zero-order chi connectivity index (χ0) is 24.2. The van der Waals surface area contributed by atoms with Crippen LogP contribution in [0.1, 0.15) is 29.5 Å². The van der Waals surface area contributed by atoms with Crippen LogP contribution in [0, 0.1) is 17.8 Å². The lowest BCUT2D eigenvalue weighted by atomic mass is 9.56. The molecule has 3 aliphatic carbocycles. The van der Waals surface area contributed by atoms with E-state index in [4.69, 9.17) is 5.73 Å². The summed E-state index contributed by atoms with van der Waals surface area (Å²) in [6.07, 6.45) is 1.21. The zero-order valence-electron chi connectivity index (χ0n) is 17.6. The number of hydrogen-bond acceptors (Lipinski definition) is 9. The average molecular weight is 457 g/mol.